The second kappa shape index (κ2) is 14.6. The van der Waals surface area contributed by atoms with Gasteiger partial charge in [-0.25, -0.2) is 4.98 Å². The lowest BCUT2D eigenvalue weighted by molar-refractivity contribution is 0.0741. The summed E-state index contributed by atoms with van der Waals surface area (Å²) in [5.74, 6) is 1.09. The Labute approximate surface area is 260 Å². The fraction of sp³-hybridized carbons (Fsp3) is 0.270. The minimum absolute atomic E-state index is 0.0224. The predicted molar refractivity (Wildman–Crippen MR) is 179 cm³/mol. The molecule has 0 spiro atoms. The summed E-state index contributed by atoms with van der Waals surface area (Å²) in [4.78, 5) is 20.9. The van der Waals surface area contributed by atoms with Crippen molar-refractivity contribution in [1.82, 2.24) is 14.5 Å². The van der Waals surface area contributed by atoms with Gasteiger partial charge in [-0.1, -0.05) is 92.2 Å². The molecule has 0 unspecified atom stereocenters. The highest BCUT2D eigenvalue weighted by molar-refractivity contribution is 5.97. The maximum atomic E-state index is 13.9. The number of carbonyl (C=O) groups excluding carboxylic acids is 1. The van der Waals surface area contributed by atoms with Crippen LogP contribution in [0, 0.1) is 5.41 Å². The number of nitrogens with one attached hydrogen (secondary N) is 1. The summed E-state index contributed by atoms with van der Waals surface area (Å²) >= 11 is 0. The van der Waals surface area contributed by atoms with E-state index in [0.717, 1.165) is 72.2 Å². The van der Waals surface area contributed by atoms with Crippen LogP contribution in [-0.4, -0.2) is 32.7 Å². The number of hydrogen-bond donors (Lipinski definition) is 3. The second-order valence-electron chi connectivity index (χ2n) is 11.3. The molecule has 1 amide bonds. The third-order valence-corrected chi connectivity index (χ3v) is 8.14. The molecule has 1 aromatic heterocycles. The monoisotopic (exact) mass is 586 g/mol. The number of fused-ring (bicyclic) bond motifs is 1. The van der Waals surface area contributed by atoms with Crippen molar-refractivity contribution in [2.45, 2.75) is 58.7 Å². The van der Waals surface area contributed by atoms with Crippen molar-refractivity contribution in [3.8, 4) is 0 Å². The van der Waals surface area contributed by atoms with Gasteiger partial charge in [0.05, 0.1) is 11.0 Å². The zero-order chi connectivity index (χ0) is 30.9. The molecule has 4 aromatic carbocycles. The average Bonchev–Trinajstić information content (AvgIpc) is 3.41. The van der Waals surface area contributed by atoms with Crippen LogP contribution in [0.2, 0.25) is 0 Å². The molecule has 44 heavy (non-hydrogen) atoms. The topological polar surface area (TPSA) is 114 Å². The third-order valence-electron chi connectivity index (χ3n) is 8.14. The Kier molecular flexibility index (Phi) is 10.2. The van der Waals surface area contributed by atoms with Crippen molar-refractivity contribution in [3.63, 3.8) is 0 Å². The van der Waals surface area contributed by atoms with E-state index in [2.05, 4.69) is 54.0 Å². The van der Waals surface area contributed by atoms with Gasteiger partial charge in [0.2, 0.25) is 0 Å². The van der Waals surface area contributed by atoms with E-state index >= 15 is 0 Å². The maximum absolute atomic E-state index is 13.9. The number of unbranched alkanes of at least 4 members (excludes halogenated alkanes) is 1. The second-order valence-corrected chi connectivity index (χ2v) is 11.3. The standard InChI is InChI=1S/C37H42N6O/c1-2-3-22-42(26-30-11-9-29(25-38)10-12-30)37(44)32-18-19-34-33(24-32)41-35(43(34)23-21-27-7-5-4-6-8-27)20-15-28-13-16-31(17-14-28)36(39)40/h4-14,16-19,24H,2-3,15,20-23,25-26,38H2,1H3,(H3,39,40). The summed E-state index contributed by atoms with van der Waals surface area (Å²) in [7, 11) is 0. The number of carbonyl (C=O) groups is 1. The summed E-state index contributed by atoms with van der Waals surface area (Å²) in [5.41, 5.74) is 19.3. The van der Waals surface area contributed by atoms with Gasteiger partial charge in [-0.3, -0.25) is 10.2 Å². The van der Waals surface area contributed by atoms with E-state index in [1.54, 1.807) is 0 Å². The van der Waals surface area contributed by atoms with E-state index < -0.39 is 0 Å². The molecule has 226 valence electrons. The fourth-order valence-corrected chi connectivity index (χ4v) is 5.53. The van der Waals surface area contributed by atoms with Gasteiger partial charge in [-0.2, -0.15) is 0 Å². The lowest BCUT2D eigenvalue weighted by Crippen LogP contribution is -2.31. The zero-order valence-corrected chi connectivity index (χ0v) is 25.5. The van der Waals surface area contributed by atoms with Crippen molar-refractivity contribution < 1.29 is 4.79 Å². The predicted octanol–water partition coefficient (Wildman–Crippen LogP) is 6.25. The van der Waals surface area contributed by atoms with E-state index in [0.29, 0.717) is 25.2 Å². The molecule has 7 nitrogen and oxygen atoms in total. The highest BCUT2D eigenvalue weighted by Gasteiger charge is 2.19. The Morgan fingerprint density at radius 3 is 2.16 bits per heavy atom. The molecule has 7 heteroatoms. The molecule has 0 fully saturated rings. The lowest BCUT2D eigenvalue weighted by Gasteiger charge is -2.23. The summed E-state index contributed by atoms with van der Waals surface area (Å²) in [5, 5.41) is 7.66. The van der Waals surface area contributed by atoms with Crippen LogP contribution in [0.15, 0.2) is 97.1 Å². The Bertz CT molecular complexity index is 1690. The smallest absolute Gasteiger partial charge is 0.254 e. The van der Waals surface area contributed by atoms with E-state index in [-0.39, 0.29) is 11.7 Å². The van der Waals surface area contributed by atoms with E-state index in [4.69, 9.17) is 21.9 Å². The maximum Gasteiger partial charge on any atom is 0.254 e. The normalized spacial score (nSPS) is 11.1. The number of nitrogens with two attached hydrogens (primary N) is 2. The van der Waals surface area contributed by atoms with E-state index in [1.807, 2.05) is 59.5 Å². The Balaban J connectivity index is 1.41. The molecule has 0 saturated carbocycles. The summed E-state index contributed by atoms with van der Waals surface area (Å²) in [6.07, 6.45) is 4.42. The number of imidazole rings is 1. The summed E-state index contributed by atoms with van der Waals surface area (Å²) in [6, 6.07) is 32.5. The highest BCUT2D eigenvalue weighted by Crippen LogP contribution is 2.22. The van der Waals surface area contributed by atoms with E-state index in [9.17, 15) is 4.79 Å². The average molecular weight is 587 g/mol. The molecule has 0 aliphatic rings. The molecule has 5 aromatic rings. The molecular weight excluding hydrogens is 544 g/mol. The molecule has 0 aliphatic heterocycles. The van der Waals surface area contributed by atoms with Gasteiger partial charge in [0, 0.05) is 43.7 Å². The number of nitrogen functional groups attached to an aromatic ring is 1. The number of rotatable bonds is 14. The van der Waals surface area contributed by atoms with Gasteiger partial charge in [0.25, 0.3) is 5.91 Å². The van der Waals surface area contributed by atoms with Crippen LogP contribution >= 0.6 is 0 Å². The first-order valence-electron chi connectivity index (χ1n) is 15.5. The van der Waals surface area contributed by atoms with Crippen molar-refractivity contribution in [2.75, 3.05) is 6.54 Å². The van der Waals surface area contributed by atoms with Gasteiger partial charge in [0.1, 0.15) is 11.7 Å². The minimum atomic E-state index is 0.0224. The number of hydrogen-bond acceptors (Lipinski definition) is 4. The zero-order valence-electron chi connectivity index (χ0n) is 25.5. The molecule has 5 rings (SSSR count). The largest absolute Gasteiger partial charge is 0.384 e. The molecular formula is C37H42N6O. The van der Waals surface area contributed by atoms with Crippen LogP contribution in [0.1, 0.15) is 63.8 Å². The number of amidine groups is 1. The first kappa shape index (κ1) is 30.7. The summed E-state index contributed by atoms with van der Waals surface area (Å²) in [6.45, 7) is 4.71. The van der Waals surface area contributed by atoms with Gasteiger partial charge in [-0.05, 0) is 59.7 Å². The third kappa shape index (κ3) is 7.60. The van der Waals surface area contributed by atoms with Crippen LogP contribution in [-0.2, 0) is 38.9 Å². The van der Waals surface area contributed by atoms with Crippen LogP contribution < -0.4 is 11.5 Å². The molecule has 0 atom stereocenters. The lowest BCUT2D eigenvalue weighted by atomic mass is 10.1. The first-order valence-corrected chi connectivity index (χ1v) is 15.5. The Morgan fingerprint density at radius 2 is 1.48 bits per heavy atom. The Hall–Kier alpha value is -4.75. The van der Waals surface area contributed by atoms with Gasteiger partial charge >= 0.3 is 0 Å². The molecule has 0 radical (unpaired) electrons. The minimum Gasteiger partial charge on any atom is -0.384 e. The number of aryl methyl sites for hydroxylation is 4. The van der Waals surface area contributed by atoms with Crippen molar-refractivity contribution >= 4 is 22.8 Å². The van der Waals surface area contributed by atoms with Crippen LogP contribution in [0.4, 0.5) is 0 Å². The molecule has 1 heterocycles. The van der Waals surface area contributed by atoms with Crippen molar-refractivity contribution in [2.24, 2.45) is 11.5 Å². The SMILES string of the molecule is CCCCN(Cc1ccc(CN)cc1)C(=O)c1ccc2c(c1)nc(CCc1ccc(C(=N)N)cc1)n2CCc1ccccc1. The number of amides is 1. The van der Waals surface area contributed by atoms with Gasteiger partial charge < -0.3 is 20.9 Å². The quantitative estimate of drug-likeness (QED) is 0.105. The van der Waals surface area contributed by atoms with Crippen LogP contribution in [0.25, 0.3) is 11.0 Å². The first-order chi connectivity index (χ1) is 21.4. The number of aromatic nitrogens is 2. The van der Waals surface area contributed by atoms with Crippen LogP contribution in [0.3, 0.4) is 0 Å². The van der Waals surface area contributed by atoms with E-state index in [1.165, 1.54) is 11.1 Å². The summed E-state index contributed by atoms with van der Waals surface area (Å²) < 4.78 is 2.30. The molecule has 0 saturated heterocycles. The molecule has 0 aliphatic carbocycles. The molecule has 0 bridgehead atoms. The van der Waals surface area contributed by atoms with Gasteiger partial charge in [0.15, 0.2) is 0 Å². The van der Waals surface area contributed by atoms with Crippen molar-refractivity contribution in [3.05, 3.63) is 136 Å². The van der Waals surface area contributed by atoms with Crippen molar-refractivity contribution in [1.29, 1.82) is 5.41 Å². The van der Waals surface area contributed by atoms with Gasteiger partial charge in [-0.15, -0.1) is 0 Å². The Morgan fingerprint density at radius 1 is 0.818 bits per heavy atom. The molecule has 5 N–H and O–H groups in total. The highest BCUT2D eigenvalue weighted by atomic mass is 16.2. The van der Waals surface area contributed by atoms with Crippen LogP contribution in [0.5, 0.6) is 0 Å². The number of benzene rings is 4. The number of nitrogens with zero attached hydrogens (tertiary/aromatic N) is 3. The fourth-order valence-electron chi connectivity index (χ4n) is 5.53.